The Morgan fingerprint density at radius 2 is 1.83 bits per heavy atom. The zero-order chi connectivity index (χ0) is 17.1. The molecule has 1 aromatic heterocycles. The molecule has 0 aliphatic carbocycles. The van der Waals surface area contributed by atoms with Gasteiger partial charge in [0.1, 0.15) is 16.5 Å². The lowest BCUT2D eigenvalue weighted by molar-refractivity contribution is 0.415. The van der Waals surface area contributed by atoms with E-state index in [1.165, 1.54) is 11.3 Å². The van der Waals surface area contributed by atoms with Crippen LogP contribution in [-0.2, 0) is 0 Å². The van der Waals surface area contributed by atoms with Gasteiger partial charge < -0.3 is 15.2 Å². The zero-order valence-corrected chi connectivity index (χ0v) is 14.9. The third kappa shape index (κ3) is 3.70. The van der Waals surface area contributed by atoms with E-state index in [9.17, 15) is 0 Å². The number of thiazole rings is 1. The summed E-state index contributed by atoms with van der Waals surface area (Å²) >= 11 is 7.73. The molecule has 0 aliphatic rings. The van der Waals surface area contributed by atoms with Gasteiger partial charge in [-0.2, -0.15) is 0 Å². The number of nitrogens with zero attached hydrogens (tertiary/aromatic N) is 1. The summed E-state index contributed by atoms with van der Waals surface area (Å²) in [6.07, 6.45) is 1.69. The van der Waals surface area contributed by atoms with Gasteiger partial charge >= 0.3 is 0 Å². The van der Waals surface area contributed by atoms with Gasteiger partial charge in [0.05, 0.1) is 18.3 Å². The van der Waals surface area contributed by atoms with Crippen molar-refractivity contribution in [2.75, 3.05) is 7.11 Å². The number of hydrogen-bond acceptors (Lipinski definition) is 5. The van der Waals surface area contributed by atoms with E-state index >= 15 is 0 Å². The minimum Gasteiger partial charge on any atom is -0.497 e. The highest BCUT2D eigenvalue weighted by Gasteiger charge is 2.11. The second-order valence-corrected chi connectivity index (χ2v) is 6.69. The summed E-state index contributed by atoms with van der Waals surface area (Å²) < 4.78 is 11.0. The minimum atomic E-state index is 0.00581. The third-order valence-corrected chi connectivity index (χ3v) is 4.74. The molecular weight excluding hydrogens is 344 g/mol. The molecule has 3 aromatic rings. The van der Waals surface area contributed by atoms with Crippen LogP contribution in [0.3, 0.4) is 0 Å². The first-order valence-corrected chi connectivity index (χ1v) is 8.59. The number of aromatic nitrogens is 1. The quantitative estimate of drug-likeness (QED) is 0.672. The molecule has 0 saturated heterocycles. The Bertz CT molecular complexity index is 831. The summed E-state index contributed by atoms with van der Waals surface area (Å²) in [7, 11) is 1.61. The SMILES string of the molecule is COc1ccc(-c2ncc(Oc3ccc(C(C)N)cc3)s2)c(Cl)c1. The Hall–Kier alpha value is -2.08. The topological polar surface area (TPSA) is 57.4 Å². The van der Waals surface area contributed by atoms with Crippen LogP contribution in [0.2, 0.25) is 5.02 Å². The highest BCUT2D eigenvalue weighted by Crippen LogP contribution is 2.37. The summed E-state index contributed by atoms with van der Waals surface area (Å²) in [4.78, 5) is 4.39. The van der Waals surface area contributed by atoms with Crippen LogP contribution in [0.25, 0.3) is 10.6 Å². The molecule has 24 heavy (non-hydrogen) atoms. The summed E-state index contributed by atoms with van der Waals surface area (Å²) in [6.45, 7) is 1.95. The largest absolute Gasteiger partial charge is 0.497 e. The van der Waals surface area contributed by atoms with Gasteiger partial charge in [-0.15, -0.1) is 0 Å². The molecular formula is C18H17ClN2O2S. The highest BCUT2D eigenvalue weighted by molar-refractivity contribution is 7.16. The first kappa shape index (κ1) is 16.8. The van der Waals surface area contributed by atoms with Gasteiger partial charge in [0.25, 0.3) is 0 Å². The van der Waals surface area contributed by atoms with E-state index in [4.69, 9.17) is 26.8 Å². The van der Waals surface area contributed by atoms with Crippen LogP contribution < -0.4 is 15.2 Å². The van der Waals surface area contributed by atoms with Gasteiger partial charge in [0.2, 0.25) is 5.06 Å². The van der Waals surface area contributed by atoms with E-state index in [-0.39, 0.29) is 6.04 Å². The Kier molecular flexibility index (Phi) is 5.04. The van der Waals surface area contributed by atoms with Gasteiger partial charge in [0, 0.05) is 11.6 Å². The molecule has 6 heteroatoms. The molecule has 0 amide bonds. The molecule has 1 heterocycles. The molecule has 4 nitrogen and oxygen atoms in total. The predicted octanol–water partition coefficient (Wildman–Crippen LogP) is 5.28. The van der Waals surface area contributed by atoms with Crippen molar-refractivity contribution in [1.82, 2.24) is 4.98 Å². The van der Waals surface area contributed by atoms with E-state index in [1.54, 1.807) is 19.4 Å². The molecule has 124 valence electrons. The molecule has 2 N–H and O–H groups in total. The summed E-state index contributed by atoms with van der Waals surface area (Å²) in [5.41, 5.74) is 7.77. The van der Waals surface area contributed by atoms with Gasteiger partial charge in [-0.05, 0) is 42.8 Å². The second kappa shape index (κ2) is 7.21. The number of nitrogens with two attached hydrogens (primary N) is 1. The number of halogens is 1. The van der Waals surface area contributed by atoms with Crippen molar-refractivity contribution < 1.29 is 9.47 Å². The van der Waals surface area contributed by atoms with E-state index in [0.29, 0.717) is 15.8 Å². The molecule has 2 aromatic carbocycles. The van der Waals surface area contributed by atoms with Crippen LogP contribution in [0.15, 0.2) is 48.7 Å². The first-order valence-electron chi connectivity index (χ1n) is 7.40. The lowest BCUT2D eigenvalue weighted by Crippen LogP contribution is -2.04. The van der Waals surface area contributed by atoms with Crippen molar-refractivity contribution >= 4 is 22.9 Å². The smallest absolute Gasteiger partial charge is 0.201 e. The Morgan fingerprint density at radius 3 is 2.46 bits per heavy atom. The lowest BCUT2D eigenvalue weighted by atomic mass is 10.1. The number of rotatable bonds is 5. The van der Waals surface area contributed by atoms with Crippen LogP contribution in [0.1, 0.15) is 18.5 Å². The molecule has 0 saturated carbocycles. The normalized spacial score (nSPS) is 12.0. The van der Waals surface area contributed by atoms with Crippen molar-refractivity contribution in [1.29, 1.82) is 0 Å². The van der Waals surface area contributed by atoms with E-state index in [2.05, 4.69) is 4.98 Å². The van der Waals surface area contributed by atoms with E-state index in [1.807, 2.05) is 43.3 Å². The van der Waals surface area contributed by atoms with Crippen molar-refractivity contribution in [2.45, 2.75) is 13.0 Å². The maximum absolute atomic E-state index is 6.29. The summed E-state index contributed by atoms with van der Waals surface area (Å²) in [5.74, 6) is 1.46. The van der Waals surface area contributed by atoms with Crippen molar-refractivity contribution in [3.8, 4) is 27.1 Å². The van der Waals surface area contributed by atoms with Gasteiger partial charge in [-0.3, -0.25) is 0 Å². The average molecular weight is 361 g/mol. The molecule has 0 aliphatic heterocycles. The van der Waals surface area contributed by atoms with Crippen LogP contribution in [0.5, 0.6) is 16.6 Å². The summed E-state index contributed by atoms with van der Waals surface area (Å²) in [6, 6.07) is 13.2. The van der Waals surface area contributed by atoms with Crippen LogP contribution in [0.4, 0.5) is 0 Å². The fourth-order valence-corrected chi connectivity index (χ4v) is 3.33. The van der Waals surface area contributed by atoms with Crippen molar-refractivity contribution in [3.05, 3.63) is 59.2 Å². The van der Waals surface area contributed by atoms with Crippen molar-refractivity contribution in [2.24, 2.45) is 5.73 Å². The monoisotopic (exact) mass is 360 g/mol. The average Bonchev–Trinajstić information content (AvgIpc) is 3.03. The number of ether oxygens (including phenoxy) is 2. The van der Waals surface area contributed by atoms with Crippen LogP contribution in [-0.4, -0.2) is 12.1 Å². The third-order valence-electron chi connectivity index (χ3n) is 3.52. The molecule has 3 rings (SSSR count). The van der Waals surface area contributed by atoms with E-state index < -0.39 is 0 Å². The minimum absolute atomic E-state index is 0.00581. The fourth-order valence-electron chi connectivity index (χ4n) is 2.18. The zero-order valence-electron chi connectivity index (χ0n) is 13.3. The Morgan fingerprint density at radius 1 is 1.12 bits per heavy atom. The predicted molar refractivity (Wildman–Crippen MR) is 98.2 cm³/mol. The lowest BCUT2D eigenvalue weighted by Gasteiger charge is -2.07. The van der Waals surface area contributed by atoms with Crippen molar-refractivity contribution in [3.63, 3.8) is 0 Å². The van der Waals surface area contributed by atoms with Crippen LogP contribution >= 0.6 is 22.9 Å². The highest BCUT2D eigenvalue weighted by atomic mass is 35.5. The molecule has 1 unspecified atom stereocenters. The Balaban J connectivity index is 1.78. The maximum Gasteiger partial charge on any atom is 0.201 e. The first-order chi connectivity index (χ1) is 11.6. The Labute approximate surface area is 149 Å². The number of methoxy groups -OCH3 is 1. The summed E-state index contributed by atoms with van der Waals surface area (Å²) in [5, 5.41) is 2.09. The molecule has 1 atom stereocenters. The standard InChI is InChI=1S/C18H17ClN2O2S/c1-11(20)12-3-5-13(6-4-12)23-17-10-21-18(24-17)15-8-7-14(22-2)9-16(15)19/h3-11H,20H2,1-2H3. The number of benzene rings is 2. The van der Waals surface area contributed by atoms with Gasteiger partial charge in [-0.25, -0.2) is 4.98 Å². The number of hydrogen-bond donors (Lipinski definition) is 1. The van der Waals surface area contributed by atoms with Gasteiger partial charge in [0.15, 0.2) is 0 Å². The fraction of sp³-hybridized carbons (Fsp3) is 0.167. The van der Waals surface area contributed by atoms with Crippen LogP contribution in [0, 0.1) is 0 Å². The molecule has 0 fully saturated rings. The second-order valence-electron chi connectivity index (χ2n) is 5.29. The molecule has 0 bridgehead atoms. The molecule has 0 radical (unpaired) electrons. The maximum atomic E-state index is 6.29. The molecule has 0 spiro atoms. The van der Waals surface area contributed by atoms with E-state index in [0.717, 1.165) is 21.9 Å². The van der Waals surface area contributed by atoms with Gasteiger partial charge in [-0.1, -0.05) is 35.1 Å².